The van der Waals surface area contributed by atoms with Crippen LogP contribution in [-0.4, -0.2) is 19.9 Å². The van der Waals surface area contributed by atoms with Gasteiger partial charge >= 0.3 is 0 Å². The van der Waals surface area contributed by atoms with Gasteiger partial charge < -0.3 is 21.8 Å². The Morgan fingerprint density at radius 3 is 2.79 bits per heavy atom. The molecule has 0 saturated heterocycles. The third-order valence-electron chi connectivity index (χ3n) is 3.36. The number of H-pyrrole nitrogens is 1. The lowest BCUT2D eigenvalue weighted by atomic mass is 10.2. The molecule has 0 aliphatic carbocycles. The predicted octanol–water partition coefficient (Wildman–Crippen LogP) is 1.84. The lowest BCUT2D eigenvalue weighted by Crippen LogP contribution is -2.19. The molecule has 0 radical (unpaired) electrons. The molecule has 1 atom stereocenters. The van der Waals surface area contributed by atoms with E-state index >= 15 is 0 Å². The monoisotopic (exact) mass is 349 g/mol. The van der Waals surface area contributed by atoms with Gasteiger partial charge in [-0.15, -0.1) is 0 Å². The molecule has 0 saturated carbocycles. The number of fused-ring (bicyclic) bond motifs is 1. The maximum Gasteiger partial charge on any atom is 0.260 e. The number of nitrogens with zero attached hydrogens (tertiary/aromatic N) is 3. The highest BCUT2D eigenvalue weighted by atomic mass is 35.5. The van der Waals surface area contributed by atoms with Crippen LogP contribution in [0.15, 0.2) is 23.0 Å². The molecule has 6 N–H and O–H groups in total. The van der Waals surface area contributed by atoms with Crippen LogP contribution in [0.2, 0.25) is 5.02 Å². The fourth-order valence-electron chi connectivity index (χ4n) is 2.22. The van der Waals surface area contributed by atoms with Crippen molar-refractivity contribution in [2.75, 3.05) is 16.8 Å². The molecule has 124 valence electrons. The Morgan fingerprint density at radius 1 is 1.29 bits per heavy atom. The van der Waals surface area contributed by atoms with E-state index in [2.05, 4.69) is 25.3 Å². The van der Waals surface area contributed by atoms with Crippen LogP contribution in [-0.2, 0) is 0 Å². The number of halogens is 2. The van der Waals surface area contributed by atoms with Crippen molar-refractivity contribution in [2.24, 2.45) is 0 Å². The van der Waals surface area contributed by atoms with E-state index in [0.717, 1.165) is 0 Å². The molecule has 3 rings (SSSR count). The number of aromatic nitrogens is 4. The first-order valence-electron chi connectivity index (χ1n) is 6.90. The number of anilines is 3. The molecule has 2 aromatic heterocycles. The van der Waals surface area contributed by atoms with Crippen molar-refractivity contribution in [1.82, 2.24) is 19.9 Å². The zero-order valence-corrected chi connectivity index (χ0v) is 13.2. The van der Waals surface area contributed by atoms with Crippen molar-refractivity contribution in [1.29, 1.82) is 0 Å². The largest absolute Gasteiger partial charge is 0.381 e. The molecule has 1 unspecified atom stereocenters. The Labute approximate surface area is 140 Å². The average molecular weight is 350 g/mol. The van der Waals surface area contributed by atoms with Crippen LogP contribution in [0.4, 0.5) is 22.0 Å². The van der Waals surface area contributed by atoms with Gasteiger partial charge in [0.15, 0.2) is 11.6 Å². The topological polar surface area (TPSA) is 136 Å². The Morgan fingerprint density at radius 2 is 2.04 bits per heavy atom. The number of nitrogens with two attached hydrogens (primary N) is 2. The highest BCUT2D eigenvalue weighted by Gasteiger charge is 2.17. The molecular formula is C14H13ClFN7O. The number of aromatic amines is 1. The molecule has 0 amide bonds. The first-order valence-corrected chi connectivity index (χ1v) is 7.28. The van der Waals surface area contributed by atoms with Gasteiger partial charge in [0.1, 0.15) is 5.82 Å². The summed E-state index contributed by atoms with van der Waals surface area (Å²) >= 11 is 6.01. The van der Waals surface area contributed by atoms with Crippen LogP contribution >= 0.6 is 11.6 Å². The standard InChI is InChI=1S/C14H13ClFN7O/c1-5(19-12-9(16)10(17)21-14(18)23-12)11-20-7-4-2-3-6(15)8(7)13(24)22-11/h2-5H,1H3,(H,20,22,24)(H5,17,18,19,21,23). The van der Waals surface area contributed by atoms with E-state index in [-0.39, 0.29) is 28.8 Å². The normalized spacial score (nSPS) is 12.3. The number of rotatable bonds is 3. The summed E-state index contributed by atoms with van der Waals surface area (Å²) in [6.07, 6.45) is 0. The van der Waals surface area contributed by atoms with Crippen molar-refractivity contribution in [2.45, 2.75) is 13.0 Å². The molecule has 8 nitrogen and oxygen atoms in total. The smallest absolute Gasteiger partial charge is 0.260 e. The van der Waals surface area contributed by atoms with Crippen LogP contribution in [0.3, 0.4) is 0 Å². The van der Waals surface area contributed by atoms with Gasteiger partial charge in [0.25, 0.3) is 5.56 Å². The minimum atomic E-state index is -0.831. The second kappa shape index (κ2) is 5.93. The summed E-state index contributed by atoms with van der Waals surface area (Å²) in [6, 6.07) is 4.37. The highest BCUT2D eigenvalue weighted by Crippen LogP contribution is 2.23. The van der Waals surface area contributed by atoms with E-state index in [0.29, 0.717) is 10.5 Å². The van der Waals surface area contributed by atoms with Crippen molar-refractivity contribution in [3.8, 4) is 0 Å². The number of nitrogens with one attached hydrogen (secondary N) is 2. The molecule has 24 heavy (non-hydrogen) atoms. The predicted molar refractivity (Wildman–Crippen MR) is 90.2 cm³/mol. The van der Waals surface area contributed by atoms with E-state index in [1.807, 2.05) is 0 Å². The maximum atomic E-state index is 14.0. The molecule has 0 bridgehead atoms. The first-order chi connectivity index (χ1) is 11.4. The van der Waals surface area contributed by atoms with E-state index < -0.39 is 17.4 Å². The Balaban J connectivity index is 2.01. The van der Waals surface area contributed by atoms with Crippen molar-refractivity contribution in [3.63, 3.8) is 0 Å². The maximum absolute atomic E-state index is 14.0. The number of hydrogen-bond acceptors (Lipinski definition) is 7. The third-order valence-corrected chi connectivity index (χ3v) is 3.67. The van der Waals surface area contributed by atoms with Gasteiger partial charge in [0.2, 0.25) is 11.8 Å². The van der Waals surface area contributed by atoms with Gasteiger partial charge in [-0.25, -0.2) is 4.98 Å². The Kier molecular flexibility index (Phi) is 3.94. The van der Waals surface area contributed by atoms with E-state index in [4.69, 9.17) is 23.1 Å². The van der Waals surface area contributed by atoms with E-state index in [1.54, 1.807) is 25.1 Å². The van der Waals surface area contributed by atoms with E-state index in [9.17, 15) is 9.18 Å². The summed E-state index contributed by atoms with van der Waals surface area (Å²) in [4.78, 5) is 26.4. The summed E-state index contributed by atoms with van der Waals surface area (Å²) in [6.45, 7) is 1.67. The van der Waals surface area contributed by atoms with Gasteiger partial charge in [-0.05, 0) is 19.1 Å². The fourth-order valence-corrected chi connectivity index (χ4v) is 2.48. The zero-order chi connectivity index (χ0) is 17.4. The van der Waals surface area contributed by atoms with Gasteiger partial charge in [-0.2, -0.15) is 14.4 Å². The zero-order valence-electron chi connectivity index (χ0n) is 12.5. The van der Waals surface area contributed by atoms with Gasteiger partial charge in [0, 0.05) is 0 Å². The molecule has 0 fully saturated rings. The second-order valence-electron chi connectivity index (χ2n) is 5.08. The van der Waals surface area contributed by atoms with Crippen LogP contribution in [0, 0.1) is 5.82 Å². The summed E-state index contributed by atoms with van der Waals surface area (Å²) in [7, 11) is 0. The summed E-state index contributed by atoms with van der Waals surface area (Å²) in [5.74, 6) is -1.27. The Bertz CT molecular complexity index is 991. The molecule has 1 aromatic carbocycles. The van der Waals surface area contributed by atoms with Gasteiger partial charge in [-0.1, -0.05) is 17.7 Å². The quantitative estimate of drug-likeness (QED) is 0.566. The molecule has 0 spiro atoms. The lowest BCUT2D eigenvalue weighted by molar-refractivity contribution is 0.618. The van der Waals surface area contributed by atoms with Crippen molar-refractivity contribution < 1.29 is 4.39 Å². The van der Waals surface area contributed by atoms with Gasteiger partial charge in [0.05, 0.1) is 22.0 Å². The number of hydrogen-bond donors (Lipinski definition) is 4. The molecule has 3 aromatic rings. The van der Waals surface area contributed by atoms with Crippen LogP contribution in [0.1, 0.15) is 18.8 Å². The minimum Gasteiger partial charge on any atom is -0.381 e. The molecular weight excluding hydrogens is 337 g/mol. The molecule has 2 heterocycles. The lowest BCUT2D eigenvalue weighted by Gasteiger charge is -2.15. The average Bonchev–Trinajstić information content (AvgIpc) is 2.51. The third kappa shape index (κ3) is 2.81. The minimum absolute atomic E-state index is 0.171. The number of nitrogen functional groups attached to an aromatic ring is 2. The summed E-state index contributed by atoms with van der Waals surface area (Å²) in [5.41, 5.74) is 10.9. The Hall–Kier alpha value is -2.94. The van der Waals surface area contributed by atoms with E-state index in [1.165, 1.54) is 0 Å². The van der Waals surface area contributed by atoms with Gasteiger partial charge in [-0.3, -0.25) is 4.79 Å². The molecule has 10 heteroatoms. The fraction of sp³-hybridized carbons (Fsp3) is 0.143. The summed E-state index contributed by atoms with van der Waals surface area (Å²) in [5, 5.41) is 3.35. The van der Waals surface area contributed by atoms with Crippen molar-refractivity contribution >= 4 is 40.1 Å². The molecule has 0 aliphatic rings. The highest BCUT2D eigenvalue weighted by molar-refractivity contribution is 6.35. The van der Waals surface area contributed by atoms with Crippen LogP contribution in [0.5, 0.6) is 0 Å². The van der Waals surface area contributed by atoms with Crippen LogP contribution < -0.4 is 22.3 Å². The summed E-state index contributed by atoms with van der Waals surface area (Å²) < 4.78 is 14.0. The van der Waals surface area contributed by atoms with Crippen LogP contribution in [0.25, 0.3) is 10.9 Å². The number of benzene rings is 1. The molecule has 0 aliphatic heterocycles. The SMILES string of the molecule is CC(Nc1nc(N)nc(N)c1F)c1nc2cccc(Cl)c2c(=O)[nH]1. The second-order valence-corrected chi connectivity index (χ2v) is 5.49. The van der Waals surface area contributed by atoms with Crippen molar-refractivity contribution in [3.05, 3.63) is 45.2 Å². The first kappa shape index (κ1) is 15.9.